The van der Waals surface area contributed by atoms with Gasteiger partial charge in [0.15, 0.2) is 11.6 Å². The lowest BCUT2D eigenvalue weighted by Crippen LogP contribution is -2.50. The molecule has 0 saturated carbocycles. The third-order valence-electron chi connectivity index (χ3n) is 3.62. The highest BCUT2D eigenvalue weighted by atomic mass is 19.1. The zero-order chi connectivity index (χ0) is 14.0. The number of carbonyl (C=O) groups is 1. The van der Waals surface area contributed by atoms with Gasteiger partial charge in [0.2, 0.25) is 0 Å². The topological polar surface area (TPSA) is 50.4 Å². The van der Waals surface area contributed by atoms with Crippen molar-refractivity contribution in [3.8, 4) is 5.75 Å². The number of hydrogen-bond acceptors (Lipinski definition) is 3. The van der Waals surface area contributed by atoms with Crippen LogP contribution in [0.1, 0.15) is 30.6 Å². The van der Waals surface area contributed by atoms with E-state index in [1.807, 2.05) is 13.8 Å². The Morgan fingerprint density at radius 3 is 2.84 bits per heavy atom. The third kappa shape index (κ3) is 2.71. The molecule has 1 atom stereocenters. The predicted molar refractivity (Wildman–Crippen MR) is 70.9 cm³/mol. The van der Waals surface area contributed by atoms with E-state index >= 15 is 0 Å². The Balaban J connectivity index is 2.17. The molecule has 4 nitrogen and oxygen atoms in total. The Labute approximate surface area is 112 Å². The number of halogens is 1. The molecule has 0 aliphatic carbocycles. The maximum atomic E-state index is 14.0. The molecule has 1 aromatic carbocycles. The fourth-order valence-corrected chi connectivity index (χ4v) is 2.36. The molecule has 1 fully saturated rings. The van der Waals surface area contributed by atoms with Crippen molar-refractivity contribution in [2.75, 3.05) is 13.7 Å². The average molecular weight is 266 g/mol. The van der Waals surface area contributed by atoms with Gasteiger partial charge in [-0.15, -0.1) is 0 Å². The summed E-state index contributed by atoms with van der Waals surface area (Å²) in [6.45, 7) is 4.89. The van der Waals surface area contributed by atoms with Crippen LogP contribution < -0.4 is 15.4 Å². The van der Waals surface area contributed by atoms with E-state index < -0.39 is 11.7 Å². The molecule has 1 heterocycles. The van der Waals surface area contributed by atoms with Crippen molar-refractivity contribution in [2.45, 2.75) is 31.8 Å². The zero-order valence-electron chi connectivity index (χ0n) is 11.4. The van der Waals surface area contributed by atoms with E-state index in [2.05, 4.69) is 10.6 Å². The third-order valence-corrected chi connectivity index (χ3v) is 3.62. The SMILES string of the molecule is COc1cccc(C(=O)NC2CCNC2(C)C)c1F. The molecule has 19 heavy (non-hydrogen) atoms. The van der Waals surface area contributed by atoms with Crippen LogP contribution in [0.15, 0.2) is 18.2 Å². The molecule has 5 heteroatoms. The summed E-state index contributed by atoms with van der Waals surface area (Å²) < 4.78 is 18.9. The van der Waals surface area contributed by atoms with Gasteiger partial charge in [0.05, 0.1) is 12.7 Å². The highest BCUT2D eigenvalue weighted by molar-refractivity contribution is 5.95. The molecule has 1 saturated heterocycles. The number of ether oxygens (including phenoxy) is 1. The molecule has 0 aromatic heterocycles. The van der Waals surface area contributed by atoms with Crippen LogP contribution >= 0.6 is 0 Å². The quantitative estimate of drug-likeness (QED) is 0.875. The van der Waals surface area contributed by atoms with Gasteiger partial charge in [-0.2, -0.15) is 0 Å². The fourth-order valence-electron chi connectivity index (χ4n) is 2.36. The van der Waals surface area contributed by atoms with Gasteiger partial charge in [-0.3, -0.25) is 4.79 Å². The number of amides is 1. The van der Waals surface area contributed by atoms with Crippen LogP contribution in [0, 0.1) is 5.82 Å². The van der Waals surface area contributed by atoms with Crippen molar-refractivity contribution in [1.29, 1.82) is 0 Å². The summed E-state index contributed by atoms with van der Waals surface area (Å²) in [7, 11) is 1.38. The van der Waals surface area contributed by atoms with Crippen LogP contribution in [0.4, 0.5) is 4.39 Å². The minimum atomic E-state index is -0.619. The number of nitrogens with one attached hydrogen (secondary N) is 2. The smallest absolute Gasteiger partial charge is 0.254 e. The van der Waals surface area contributed by atoms with E-state index in [1.54, 1.807) is 6.07 Å². The molecule has 1 aliphatic heterocycles. The number of benzene rings is 1. The van der Waals surface area contributed by atoms with Gasteiger partial charge in [0.25, 0.3) is 5.91 Å². The summed E-state index contributed by atoms with van der Waals surface area (Å²) in [4.78, 5) is 12.1. The predicted octanol–water partition coefficient (Wildman–Crippen LogP) is 1.70. The summed E-state index contributed by atoms with van der Waals surface area (Å²) in [5.74, 6) is -0.944. The summed E-state index contributed by atoms with van der Waals surface area (Å²) in [6, 6.07) is 4.55. The van der Waals surface area contributed by atoms with E-state index in [1.165, 1.54) is 19.2 Å². The number of methoxy groups -OCH3 is 1. The Morgan fingerprint density at radius 1 is 1.53 bits per heavy atom. The second-order valence-electron chi connectivity index (χ2n) is 5.29. The lowest BCUT2D eigenvalue weighted by atomic mass is 9.96. The maximum absolute atomic E-state index is 14.0. The molecule has 2 rings (SSSR count). The Hall–Kier alpha value is -1.62. The van der Waals surface area contributed by atoms with Crippen molar-refractivity contribution in [1.82, 2.24) is 10.6 Å². The average Bonchev–Trinajstić information content (AvgIpc) is 2.69. The number of rotatable bonds is 3. The Bertz CT molecular complexity index is 488. The summed E-state index contributed by atoms with van der Waals surface area (Å²) in [6.07, 6.45) is 0.838. The lowest BCUT2D eigenvalue weighted by molar-refractivity contribution is 0.0919. The molecule has 0 spiro atoms. The summed E-state index contributed by atoms with van der Waals surface area (Å²) in [5.41, 5.74) is -0.160. The van der Waals surface area contributed by atoms with Crippen molar-refractivity contribution < 1.29 is 13.9 Å². The molecule has 1 aliphatic rings. The van der Waals surface area contributed by atoms with E-state index in [9.17, 15) is 9.18 Å². The van der Waals surface area contributed by atoms with E-state index in [-0.39, 0.29) is 22.9 Å². The number of hydrogen-bond donors (Lipinski definition) is 2. The van der Waals surface area contributed by atoms with Gasteiger partial charge in [-0.1, -0.05) is 6.07 Å². The minimum absolute atomic E-state index is 0.00870. The largest absolute Gasteiger partial charge is 0.494 e. The van der Waals surface area contributed by atoms with Crippen LogP contribution in [0.25, 0.3) is 0 Å². The number of carbonyl (C=O) groups excluding carboxylic acids is 1. The molecule has 0 bridgehead atoms. The van der Waals surface area contributed by atoms with Crippen LogP contribution in [-0.4, -0.2) is 31.1 Å². The van der Waals surface area contributed by atoms with Gasteiger partial charge in [0.1, 0.15) is 0 Å². The van der Waals surface area contributed by atoms with E-state index in [0.29, 0.717) is 0 Å². The van der Waals surface area contributed by atoms with Gasteiger partial charge >= 0.3 is 0 Å². The summed E-state index contributed by atoms with van der Waals surface area (Å²) in [5, 5.41) is 6.19. The molecule has 1 aromatic rings. The highest BCUT2D eigenvalue weighted by Crippen LogP contribution is 2.22. The molecular weight excluding hydrogens is 247 g/mol. The standard InChI is InChI=1S/C14H19FN2O2/c1-14(2)11(7-8-16-14)17-13(18)9-5-4-6-10(19-3)12(9)15/h4-6,11,16H,7-8H2,1-3H3,(H,17,18). The lowest BCUT2D eigenvalue weighted by Gasteiger charge is -2.28. The molecule has 104 valence electrons. The first-order valence-electron chi connectivity index (χ1n) is 6.34. The molecule has 1 amide bonds. The first kappa shape index (κ1) is 13.8. The molecular formula is C14H19FN2O2. The van der Waals surface area contributed by atoms with Crippen LogP contribution in [0.5, 0.6) is 5.75 Å². The van der Waals surface area contributed by atoms with Gasteiger partial charge in [-0.05, 0) is 38.9 Å². The van der Waals surface area contributed by atoms with Gasteiger partial charge < -0.3 is 15.4 Å². The van der Waals surface area contributed by atoms with Crippen molar-refractivity contribution in [3.63, 3.8) is 0 Å². The molecule has 0 radical (unpaired) electrons. The van der Waals surface area contributed by atoms with Gasteiger partial charge in [0, 0.05) is 11.6 Å². The van der Waals surface area contributed by atoms with Crippen molar-refractivity contribution in [3.05, 3.63) is 29.6 Å². The Morgan fingerprint density at radius 2 is 2.26 bits per heavy atom. The van der Waals surface area contributed by atoms with Crippen LogP contribution in [0.3, 0.4) is 0 Å². The van der Waals surface area contributed by atoms with Crippen molar-refractivity contribution in [2.24, 2.45) is 0 Å². The van der Waals surface area contributed by atoms with Crippen LogP contribution in [0.2, 0.25) is 0 Å². The monoisotopic (exact) mass is 266 g/mol. The highest BCUT2D eigenvalue weighted by Gasteiger charge is 2.35. The molecule has 2 N–H and O–H groups in total. The van der Waals surface area contributed by atoms with Crippen LogP contribution in [-0.2, 0) is 0 Å². The molecule has 1 unspecified atom stereocenters. The summed E-state index contributed by atoms with van der Waals surface area (Å²) >= 11 is 0. The first-order chi connectivity index (χ1) is 8.95. The minimum Gasteiger partial charge on any atom is -0.494 e. The van der Waals surface area contributed by atoms with E-state index in [4.69, 9.17) is 4.74 Å². The maximum Gasteiger partial charge on any atom is 0.254 e. The second-order valence-corrected chi connectivity index (χ2v) is 5.29. The first-order valence-corrected chi connectivity index (χ1v) is 6.34. The zero-order valence-corrected chi connectivity index (χ0v) is 11.4. The fraction of sp³-hybridized carbons (Fsp3) is 0.500. The van der Waals surface area contributed by atoms with Crippen molar-refractivity contribution >= 4 is 5.91 Å². The van der Waals surface area contributed by atoms with E-state index in [0.717, 1.165) is 13.0 Å². The Kier molecular flexibility index (Phi) is 3.75. The van der Waals surface area contributed by atoms with Gasteiger partial charge in [-0.25, -0.2) is 4.39 Å². The second kappa shape index (κ2) is 5.17. The normalized spacial score (nSPS) is 21.2.